The topological polar surface area (TPSA) is 9.23 Å². The second-order valence-electron chi connectivity index (χ2n) is 3.89. The molecular formula is C14H10BrClF2O. The fraction of sp³-hybridized carbons (Fsp3) is 0.143. The molecule has 0 amide bonds. The SMILES string of the molecule is Fc1ccc(Cl)c(COc2c(F)cccc2CBr)c1. The van der Waals surface area contributed by atoms with Gasteiger partial charge in [0.15, 0.2) is 11.6 Å². The summed E-state index contributed by atoms with van der Waals surface area (Å²) < 4.78 is 32.2. The number of hydrogen-bond donors (Lipinski definition) is 0. The highest BCUT2D eigenvalue weighted by molar-refractivity contribution is 9.08. The van der Waals surface area contributed by atoms with Gasteiger partial charge in [0.1, 0.15) is 12.4 Å². The third kappa shape index (κ3) is 3.45. The van der Waals surface area contributed by atoms with E-state index >= 15 is 0 Å². The monoisotopic (exact) mass is 346 g/mol. The van der Waals surface area contributed by atoms with Gasteiger partial charge in [-0.25, -0.2) is 8.78 Å². The van der Waals surface area contributed by atoms with Gasteiger partial charge in [-0.2, -0.15) is 0 Å². The van der Waals surface area contributed by atoms with Crippen LogP contribution in [0.1, 0.15) is 11.1 Å². The van der Waals surface area contributed by atoms with Crippen LogP contribution in [0.5, 0.6) is 5.75 Å². The summed E-state index contributed by atoms with van der Waals surface area (Å²) in [5, 5.41) is 0.856. The molecule has 0 aliphatic rings. The van der Waals surface area contributed by atoms with Crippen LogP contribution in [0.3, 0.4) is 0 Å². The zero-order valence-electron chi connectivity index (χ0n) is 9.80. The predicted molar refractivity (Wildman–Crippen MR) is 74.8 cm³/mol. The lowest BCUT2D eigenvalue weighted by Gasteiger charge is -2.12. The molecule has 19 heavy (non-hydrogen) atoms. The van der Waals surface area contributed by atoms with E-state index < -0.39 is 11.6 Å². The lowest BCUT2D eigenvalue weighted by atomic mass is 10.2. The number of rotatable bonds is 4. The fourth-order valence-electron chi connectivity index (χ4n) is 1.62. The molecule has 0 saturated heterocycles. The van der Waals surface area contributed by atoms with Gasteiger partial charge >= 0.3 is 0 Å². The van der Waals surface area contributed by atoms with Crippen molar-refractivity contribution in [1.82, 2.24) is 0 Å². The highest BCUT2D eigenvalue weighted by Crippen LogP contribution is 2.27. The van der Waals surface area contributed by atoms with Crippen molar-refractivity contribution in [3.05, 3.63) is 64.2 Å². The lowest BCUT2D eigenvalue weighted by Crippen LogP contribution is -2.01. The lowest BCUT2D eigenvalue weighted by molar-refractivity contribution is 0.287. The van der Waals surface area contributed by atoms with Crippen molar-refractivity contribution in [3.63, 3.8) is 0 Å². The molecule has 100 valence electrons. The average molecular weight is 348 g/mol. The summed E-state index contributed by atoms with van der Waals surface area (Å²) in [7, 11) is 0. The van der Waals surface area contributed by atoms with Crippen LogP contribution >= 0.6 is 27.5 Å². The first-order valence-electron chi connectivity index (χ1n) is 5.52. The molecule has 2 aromatic carbocycles. The number of benzene rings is 2. The Balaban J connectivity index is 2.21. The van der Waals surface area contributed by atoms with Crippen molar-refractivity contribution in [2.45, 2.75) is 11.9 Å². The Bertz CT molecular complexity index is 590. The van der Waals surface area contributed by atoms with Crippen LogP contribution in [0.25, 0.3) is 0 Å². The minimum Gasteiger partial charge on any atom is -0.485 e. The minimum atomic E-state index is -0.454. The molecule has 0 atom stereocenters. The molecular weight excluding hydrogens is 338 g/mol. The molecule has 0 spiro atoms. The van der Waals surface area contributed by atoms with Crippen molar-refractivity contribution in [1.29, 1.82) is 0 Å². The van der Waals surface area contributed by atoms with Gasteiger partial charge in [-0.3, -0.25) is 0 Å². The Morgan fingerprint density at radius 2 is 1.89 bits per heavy atom. The number of halogens is 4. The fourth-order valence-corrected chi connectivity index (χ4v) is 2.24. The minimum absolute atomic E-state index is 0.0114. The summed E-state index contributed by atoms with van der Waals surface area (Å²) in [5.41, 5.74) is 1.16. The molecule has 0 fully saturated rings. The van der Waals surface area contributed by atoms with E-state index in [0.717, 1.165) is 0 Å². The molecule has 0 heterocycles. The highest BCUT2D eigenvalue weighted by Gasteiger charge is 2.10. The van der Waals surface area contributed by atoms with Gasteiger partial charge < -0.3 is 4.74 Å². The molecule has 2 rings (SSSR count). The second kappa shape index (κ2) is 6.35. The molecule has 0 aromatic heterocycles. The number of hydrogen-bond acceptors (Lipinski definition) is 1. The van der Waals surface area contributed by atoms with Crippen LogP contribution in [0.4, 0.5) is 8.78 Å². The maximum absolute atomic E-state index is 13.7. The average Bonchev–Trinajstić information content (AvgIpc) is 2.40. The summed E-state index contributed by atoms with van der Waals surface area (Å²) in [6, 6.07) is 8.65. The van der Waals surface area contributed by atoms with Crippen molar-refractivity contribution in [2.75, 3.05) is 0 Å². The van der Waals surface area contributed by atoms with E-state index in [4.69, 9.17) is 16.3 Å². The highest BCUT2D eigenvalue weighted by atomic mass is 79.9. The van der Waals surface area contributed by atoms with Gasteiger partial charge in [0.05, 0.1) is 0 Å². The van der Waals surface area contributed by atoms with E-state index in [1.54, 1.807) is 12.1 Å². The van der Waals surface area contributed by atoms with Gasteiger partial charge in [-0.05, 0) is 24.3 Å². The molecule has 0 saturated carbocycles. The summed E-state index contributed by atoms with van der Waals surface area (Å²) in [4.78, 5) is 0. The maximum atomic E-state index is 13.7. The van der Waals surface area contributed by atoms with Gasteiger partial charge in [0.2, 0.25) is 0 Å². The van der Waals surface area contributed by atoms with Crippen LogP contribution in [0.15, 0.2) is 36.4 Å². The smallest absolute Gasteiger partial charge is 0.165 e. The zero-order valence-corrected chi connectivity index (χ0v) is 12.1. The molecule has 0 aliphatic carbocycles. The molecule has 0 unspecified atom stereocenters. The van der Waals surface area contributed by atoms with Crippen molar-refractivity contribution in [2.24, 2.45) is 0 Å². The van der Waals surface area contributed by atoms with Crippen LogP contribution in [-0.4, -0.2) is 0 Å². The Kier molecular flexibility index (Phi) is 4.77. The van der Waals surface area contributed by atoms with Crippen LogP contribution in [0.2, 0.25) is 5.02 Å². The Labute approximate surface area is 123 Å². The van der Waals surface area contributed by atoms with Crippen LogP contribution in [-0.2, 0) is 11.9 Å². The van der Waals surface area contributed by atoms with E-state index in [1.807, 2.05) is 0 Å². The summed E-state index contributed by atoms with van der Waals surface area (Å²) in [5.74, 6) is -0.707. The third-order valence-electron chi connectivity index (χ3n) is 2.57. The normalized spacial score (nSPS) is 10.5. The molecule has 1 nitrogen and oxygen atoms in total. The van der Waals surface area contributed by atoms with Crippen LogP contribution in [0, 0.1) is 11.6 Å². The Morgan fingerprint density at radius 1 is 1.11 bits per heavy atom. The largest absolute Gasteiger partial charge is 0.485 e. The quantitative estimate of drug-likeness (QED) is 0.700. The van der Waals surface area contributed by atoms with Gasteiger partial charge in [-0.1, -0.05) is 39.7 Å². The zero-order chi connectivity index (χ0) is 13.8. The van der Waals surface area contributed by atoms with E-state index in [1.165, 1.54) is 24.3 Å². The van der Waals surface area contributed by atoms with Crippen LogP contribution < -0.4 is 4.74 Å². The molecule has 0 radical (unpaired) electrons. The molecule has 0 bridgehead atoms. The Morgan fingerprint density at radius 3 is 2.63 bits per heavy atom. The van der Waals surface area contributed by atoms with E-state index in [0.29, 0.717) is 21.5 Å². The maximum Gasteiger partial charge on any atom is 0.165 e. The first-order chi connectivity index (χ1) is 9.11. The number of ether oxygens (including phenoxy) is 1. The van der Waals surface area contributed by atoms with Gasteiger partial charge in [0, 0.05) is 21.5 Å². The first kappa shape index (κ1) is 14.3. The predicted octanol–water partition coefficient (Wildman–Crippen LogP) is 5.09. The van der Waals surface area contributed by atoms with Gasteiger partial charge in [-0.15, -0.1) is 0 Å². The summed E-state index contributed by atoms with van der Waals surface area (Å²) in [6.07, 6.45) is 0. The van der Waals surface area contributed by atoms with Crippen molar-refractivity contribution >= 4 is 27.5 Å². The number of alkyl halides is 1. The first-order valence-corrected chi connectivity index (χ1v) is 7.02. The van der Waals surface area contributed by atoms with E-state index in [2.05, 4.69) is 15.9 Å². The standard InChI is InChI=1S/C14H10BrClF2O/c15-7-9-2-1-3-13(18)14(9)19-8-10-6-11(17)4-5-12(10)16/h1-6H,7-8H2. The molecule has 5 heteroatoms. The molecule has 0 aliphatic heterocycles. The Hall–Kier alpha value is -1.13. The second-order valence-corrected chi connectivity index (χ2v) is 4.85. The number of para-hydroxylation sites is 1. The third-order valence-corrected chi connectivity index (χ3v) is 3.55. The summed E-state index contributed by atoms with van der Waals surface area (Å²) in [6.45, 7) is 0.0114. The van der Waals surface area contributed by atoms with Gasteiger partial charge in [0.25, 0.3) is 0 Å². The molecule has 0 N–H and O–H groups in total. The van der Waals surface area contributed by atoms with Crippen molar-refractivity contribution in [3.8, 4) is 5.75 Å². The van der Waals surface area contributed by atoms with E-state index in [9.17, 15) is 8.78 Å². The summed E-state index contributed by atoms with van der Waals surface area (Å²) >= 11 is 9.19. The van der Waals surface area contributed by atoms with E-state index in [-0.39, 0.29) is 12.4 Å². The van der Waals surface area contributed by atoms with Crippen molar-refractivity contribution < 1.29 is 13.5 Å². The molecule has 2 aromatic rings.